The first-order valence-corrected chi connectivity index (χ1v) is 9.89. The van der Waals surface area contributed by atoms with Gasteiger partial charge in [-0.05, 0) is 31.2 Å². The molecule has 0 aliphatic carbocycles. The molecule has 0 spiro atoms. The zero-order chi connectivity index (χ0) is 20.8. The second-order valence-corrected chi connectivity index (χ2v) is 6.61. The van der Waals surface area contributed by atoms with Gasteiger partial charge in [0.2, 0.25) is 0 Å². The number of nitrogens with one attached hydrogen (secondary N) is 2. The van der Waals surface area contributed by atoms with E-state index in [9.17, 15) is 4.79 Å². The number of aromatic nitrogens is 3. The number of hydrogen-bond donors (Lipinski definition) is 2. The highest BCUT2D eigenvalue weighted by molar-refractivity contribution is 5.90. The molecule has 0 unspecified atom stereocenters. The average Bonchev–Trinajstić information content (AvgIpc) is 3.15. The number of anilines is 1. The van der Waals surface area contributed by atoms with Gasteiger partial charge in [-0.3, -0.25) is 0 Å². The van der Waals surface area contributed by atoms with Crippen LogP contribution in [-0.2, 0) is 6.54 Å². The number of ether oxygens (including phenoxy) is 1. The Bertz CT molecular complexity index is 1140. The first-order chi connectivity index (χ1) is 14.8. The number of imidazole rings is 1. The van der Waals surface area contributed by atoms with Crippen molar-refractivity contribution in [2.24, 2.45) is 0 Å². The van der Waals surface area contributed by atoms with Crippen LogP contribution in [0.5, 0.6) is 5.75 Å². The Kier molecular flexibility index (Phi) is 5.89. The maximum atomic E-state index is 12.4. The molecule has 152 valence electrons. The van der Waals surface area contributed by atoms with Crippen molar-refractivity contribution >= 4 is 22.9 Å². The molecule has 2 N–H and O–H groups in total. The summed E-state index contributed by atoms with van der Waals surface area (Å²) in [6.07, 6.45) is 1.75. The Morgan fingerprint density at radius 3 is 2.67 bits per heavy atom. The van der Waals surface area contributed by atoms with Crippen LogP contribution in [0.25, 0.3) is 22.6 Å². The summed E-state index contributed by atoms with van der Waals surface area (Å²) in [6, 6.07) is 20.9. The molecule has 2 amide bonds. The fourth-order valence-corrected chi connectivity index (χ4v) is 3.28. The molecule has 0 bridgehead atoms. The summed E-state index contributed by atoms with van der Waals surface area (Å²) in [5.41, 5.74) is 3.26. The average molecular weight is 401 g/mol. The molecular weight excluding hydrogens is 378 g/mol. The molecule has 2 aromatic carbocycles. The Morgan fingerprint density at radius 1 is 1.03 bits per heavy atom. The van der Waals surface area contributed by atoms with E-state index >= 15 is 0 Å². The van der Waals surface area contributed by atoms with E-state index in [0.717, 1.165) is 22.6 Å². The van der Waals surface area contributed by atoms with Gasteiger partial charge < -0.3 is 19.9 Å². The number of carbonyl (C=O) groups is 1. The van der Waals surface area contributed by atoms with Crippen molar-refractivity contribution in [1.29, 1.82) is 0 Å². The van der Waals surface area contributed by atoms with E-state index in [1.54, 1.807) is 6.20 Å². The summed E-state index contributed by atoms with van der Waals surface area (Å²) in [7, 11) is 0. The molecule has 0 aliphatic heterocycles. The summed E-state index contributed by atoms with van der Waals surface area (Å²) in [5, 5.41) is 5.74. The van der Waals surface area contributed by atoms with E-state index in [0.29, 0.717) is 31.1 Å². The van der Waals surface area contributed by atoms with Gasteiger partial charge in [0.15, 0.2) is 5.65 Å². The van der Waals surface area contributed by atoms with Gasteiger partial charge >= 0.3 is 6.03 Å². The maximum absolute atomic E-state index is 12.4. The summed E-state index contributed by atoms with van der Waals surface area (Å²) in [6.45, 7) is 3.40. The van der Waals surface area contributed by atoms with Gasteiger partial charge in [-0.15, -0.1) is 0 Å². The van der Waals surface area contributed by atoms with Crippen molar-refractivity contribution in [2.45, 2.75) is 13.5 Å². The van der Waals surface area contributed by atoms with Gasteiger partial charge in [0.05, 0.1) is 12.3 Å². The third-order valence-corrected chi connectivity index (χ3v) is 4.59. The van der Waals surface area contributed by atoms with Gasteiger partial charge in [0.1, 0.15) is 17.1 Å². The van der Waals surface area contributed by atoms with Crippen molar-refractivity contribution < 1.29 is 9.53 Å². The summed E-state index contributed by atoms with van der Waals surface area (Å²) >= 11 is 0. The van der Waals surface area contributed by atoms with Crippen molar-refractivity contribution in [2.75, 3.05) is 18.5 Å². The van der Waals surface area contributed by atoms with E-state index in [2.05, 4.69) is 15.6 Å². The standard InChI is InChI=1S/C23H23N5O2/c1-2-30-20-13-7-6-11-18(20)27-23(29)25-15-16-28-21(17-9-4-3-5-10-17)26-19-12-8-14-24-22(19)28/h3-14H,2,15-16H2,1H3,(H2,25,27,29). The van der Waals surface area contributed by atoms with Crippen LogP contribution < -0.4 is 15.4 Å². The summed E-state index contributed by atoms with van der Waals surface area (Å²) < 4.78 is 7.58. The molecule has 2 heterocycles. The minimum atomic E-state index is -0.291. The zero-order valence-electron chi connectivity index (χ0n) is 16.7. The first-order valence-electron chi connectivity index (χ1n) is 9.89. The number of hydrogen-bond acceptors (Lipinski definition) is 4. The van der Waals surface area contributed by atoms with Crippen LogP contribution in [0.3, 0.4) is 0 Å². The quantitative estimate of drug-likeness (QED) is 0.483. The topological polar surface area (TPSA) is 81.1 Å². The fourth-order valence-electron chi connectivity index (χ4n) is 3.28. The predicted octanol–water partition coefficient (Wildman–Crippen LogP) is 4.32. The van der Waals surface area contributed by atoms with Crippen LogP contribution in [0.2, 0.25) is 0 Å². The second-order valence-electron chi connectivity index (χ2n) is 6.61. The van der Waals surface area contributed by atoms with Gasteiger partial charge in [0, 0.05) is 24.8 Å². The Hall–Kier alpha value is -3.87. The predicted molar refractivity (Wildman–Crippen MR) is 118 cm³/mol. The molecule has 30 heavy (non-hydrogen) atoms. The minimum Gasteiger partial charge on any atom is -0.492 e. The number of benzene rings is 2. The number of fused-ring (bicyclic) bond motifs is 1. The molecule has 4 rings (SSSR count). The number of para-hydroxylation sites is 2. The van der Waals surface area contributed by atoms with Crippen molar-refractivity contribution in [3.8, 4) is 17.1 Å². The van der Waals surface area contributed by atoms with E-state index in [4.69, 9.17) is 9.72 Å². The number of carbonyl (C=O) groups excluding carboxylic acids is 1. The maximum Gasteiger partial charge on any atom is 0.319 e. The van der Waals surface area contributed by atoms with Crippen LogP contribution in [-0.4, -0.2) is 33.7 Å². The molecule has 0 aliphatic rings. The van der Waals surface area contributed by atoms with Crippen LogP contribution >= 0.6 is 0 Å². The number of rotatable bonds is 7. The Labute approximate surface area is 174 Å². The highest BCUT2D eigenvalue weighted by Gasteiger charge is 2.13. The molecule has 4 aromatic rings. The lowest BCUT2D eigenvalue weighted by Crippen LogP contribution is -2.31. The lowest BCUT2D eigenvalue weighted by Gasteiger charge is -2.13. The lowest BCUT2D eigenvalue weighted by molar-refractivity contribution is 0.251. The molecule has 0 radical (unpaired) electrons. The van der Waals surface area contributed by atoms with Crippen molar-refractivity contribution in [1.82, 2.24) is 19.9 Å². The smallest absolute Gasteiger partial charge is 0.319 e. The van der Waals surface area contributed by atoms with Crippen LogP contribution in [0, 0.1) is 0 Å². The largest absolute Gasteiger partial charge is 0.492 e. The third kappa shape index (κ3) is 4.25. The van der Waals surface area contributed by atoms with Gasteiger partial charge in [0.25, 0.3) is 0 Å². The van der Waals surface area contributed by atoms with E-state index in [-0.39, 0.29) is 6.03 Å². The van der Waals surface area contributed by atoms with Crippen molar-refractivity contribution in [3.05, 3.63) is 72.9 Å². The highest BCUT2D eigenvalue weighted by Crippen LogP contribution is 2.24. The molecule has 0 fully saturated rings. The highest BCUT2D eigenvalue weighted by atomic mass is 16.5. The molecule has 0 atom stereocenters. The minimum absolute atomic E-state index is 0.291. The Morgan fingerprint density at radius 2 is 1.83 bits per heavy atom. The second kappa shape index (κ2) is 9.09. The monoisotopic (exact) mass is 401 g/mol. The SMILES string of the molecule is CCOc1ccccc1NC(=O)NCCn1c(-c2ccccc2)nc2cccnc21. The lowest BCUT2D eigenvalue weighted by atomic mass is 10.2. The van der Waals surface area contributed by atoms with E-state index in [1.807, 2.05) is 78.2 Å². The number of nitrogens with zero attached hydrogens (tertiary/aromatic N) is 3. The summed E-state index contributed by atoms with van der Waals surface area (Å²) in [5.74, 6) is 1.47. The molecule has 2 aromatic heterocycles. The first kappa shape index (κ1) is 19.4. The van der Waals surface area contributed by atoms with Crippen LogP contribution in [0.15, 0.2) is 72.9 Å². The van der Waals surface area contributed by atoms with Crippen LogP contribution in [0.4, 0.5) is 10.5 Å². The zero-order valence-corrected chi connectivity index (χ0v) is 16.7. The molecule has 7 nitrogen and oxygen atoms in total. The number of pyridine rings is 1. The van der Waals surface area contributed by atoms with Gasteiger partial charge in [-0.25, -0.2) is 14.8 Å². The molecule has 0 saturated heterocycles. The number of amides is 2. The number of urea groups is 1. The Balaban J connectivity index is 1.47. The van der Waals surface area contributed by atoms with Gasteiger partial charge in [-0.1, -0.05) is 42.5 Å². The van der Waals surface area contributed by atoms with Crippen molar-refractivity contribution in [3.63, 3.8) is 0 Å². The third-order valence-electron chi connectivity index (χ3n) is 4.59. The molecule has 0 saturated carbocycles. The van der Waals surface area contributed by atoms with E-state index < -0.39 is 0 Å². The molecular formula is C23H23N5O2. The van der Waals surface area contributed by atoms with E-state index in [1.165, 1.54) is 0 Å². The normalized spacial score (nSPS) is 10.7. The van der Waals surface area contributed by atoms with Gasteiger partial charge in [-0.2, -0.15) is 0 Å². The van der Waals surface area contributed by atoms with Crippen LogP contribution in [0.1, 0.15) is 6.92 Å². The summed E-state index contributed by atoms with van der Waals surface area (Å²) in [4.78, 5) is 21.6. The molecule has 7 heteroatoms. The fraction of sp³-hybridized carbons (Fsp3) is 0.174.